The first-order chi connectivity index (χ1) is 11.3. The van der Waals surface area contributed by atoms with Gasteiger partial charge in [-0.3, -0.25) is 4.79 Å². The van der Waals surface area contributed by atoms with Crippen molar-refractivity contribution < 1.29 is 13.2 Å². The van der Waals surface area contributed by atoms with E-state index in [0.717, 1.165) is 5.56 Å². The Balaban J connectivity index is 1.64. The number of hydrogen-bond acceptors (Lipinski definition) is 5. The topological polar surface area (TPSA) is 76.1 Å². The summed E-state index contributed by atoms with van der Waals surface area (Å²) in [6.45, 7) is 0. The molecule has 128 valence electrons. The Morgan fingerprint density at radius 3 is 2.83 bits per heavy atom. The Morgan fingerprint density at radius 2 is 2.17 bits per heavy atom. The van der Waals surface area contributed by atoms with Crippen molar-refractivity contribution in [3.05, 3.63) is 33.6 Å². The van der Waals surface area contributed by atoms with Crippen LogP contribution in [-0.2, 0) is 14.6 Å². The number of aromatic nitrogens is 1. The van der Waals surface area contributed by atoms with E-state index in [9.17, 15) is 13.2 Å². The quantitative estimate of drug-likeness (QED) is 0.838. The average Bonchev–Trinajstić information content (AvgIpc) is 3.05. The zero-order valence-electron chi connectivity index (χ0n) is 12.5. The Labute approximate surface area is 153 Å². The summed E-state index contributed by atoms with van der Waals surface area (Å²) in [6, 6.07) is 5.13. The fraction of sp³-hybridized carbons (Fsp3) is 0.333. The van der Waals surface area contributed by atoms with Gasteiger partial charge in [0.2, 0.25) is 5.91 Å². The van der Waals surface area contributed by atoms with Crippen LogP contribution in [0, 0.1) is 5.92 Å². The number of nitrogens with one attached hydrogen (secondary N) is 1. The molecule has 1 saturated heterocycles. The fourth-order valence-corrected chi connectivity index (χ4v) is 5.71. The third-order valence-corrected chi connectivity index (χ3v) is 6.90. The number of thiazole rings is 1. The summed E-state index contributed by atoms with van der Waals surface area (Å²) in [7, 11) is -2.97. The lowest BCUT2D eigenvalue weighted by Gasteiger charge is -2.06. The summed E-state index contributed by atoms with van der Waals surface area (Å²) in [4.78, 5) is 16.4. The Morgan fingerprint density at radius 1 is 1.38 bits per heavy atom. The van der Waals surface area contributed by atoms with E-state index in [1.807, 2.05) is 0 Å². The number of carbonyl (C=O) groups is 1. The highest BCUT2D eigenvalue weighted by Gasteiger charge is 2.29. The summed E-state index contributed by atoms with van der Waals surface area (Å²) in [6.07, 6.45) is 0.731. The first-order valence-corrected chi connectivity index (χ1v) is 10.7. The molecule has 0 spiro atoms. The number of sulfone groups is 1. The molecule has 1 fully saturated rings. The molecular weight excluding hydrogens is 391 g/mol. The molecule has 1 aliphatic heterocycles. The number of rotatable bonds is 4. The van der Waals surface area contributed by atoms with Crippen LogP contribution in [0.15, 0.2) is 23.6 Å². The van der Waals surface area contributed by atoms with Crippen LogP contribution >= 0.6 is 34.5 Å². The number of nitrogens with zero attached hydrogens (tertiary/aromatic N) is 1. The van der Waals surface area contributed by atoms with E-state index < -0.39 is 9.84 Å². The minimum absolute atomic E-state index is 0.0872. The number of amides is 1. The zero-order chi connectivity index (χ0) is 17.3. The monoisotopic (exact) mass is 404 g/mol. The number of benzene rings is 1. The molecule has 2 heterocycles. The van der Waals surface area contributed by atoms with Gasteiger partial charge in [-0.05, 0) is 30.5 Å². The summed E-state index contributed by atoms with van der Waals surface area (Å²) in [5, 5.41) is 6.01. The Hall–Kier alpha value is -1.15. The smallest absolute Gasteiger partial charge is 0.226 e. The van der Waals surface area contributed by atoms with Crippen molar-refractivity contribution in [1.29, 1.82) is 0 Å². The van der Waals surface area contributed by atoms with Crippen molar-refractivity contribution in [2.75, 3.05) is 16.8 Å². The second-order valence-electron chi connectivity index (χ2n) is 5.68. The molecule has 1 aliphatic rings. The molecule has 0 bridgehead atoms. The third kappa shape index (κ3) is 4.27. The van der Waals surface area contributed by atoms with Crippen LogP contribution in [0.5, 0.6) is 0 Å². The van der Waals surface area contributed by atoms with Gasteiger partial charge in [-0.25, -0.2) is 13.4 Å². The van der Waals surface area contributed by atoms with Crippen LogP contribution in [0.3, 0.4) is 0 Å². The summed E-state index contributed by atoms with van der Waals surface area (Å²) in [5.74, 6) is -0.0777. The molecule has 0 radical (unpaired) electrons. The minimum atomic E-state index is -2.97. The molecule has 1 N–H and O–H groups in total. The SMILES string of the molecule is O=C(C[C@H]1CCS(=O)(=O)C1)Nc1nc(-c2ccc(Cl)cc2Cl)cs1. The highest BCUT2D eigenvalue weighted by atomic mass is 35.5. The second kappa shape index (κ2) is 7.00. The van der Waals surface area contributed by atoms with Crippen LogP contribution in [0.1, 0.15) is 12.8 Å². The van der Waals surface area contributed by atoms with Crippen LogP contribution in [-0.4, -0.2) is 30.8 Å². The predicted octanol–water partition coefficient (Wildman–Crippen LogP) is 3.88. The average molecular weight is 405 g/mol. The largest absolute Gasteiger partial charge is 0.302 e. The van der Waals surface area contributed by atoms with Crippen molar-refractivity contribution in [3.63, 3.8) is 0 Å². The molecule has 0 saturated carbocycles. The van der Waals surface area contributed by atoms with Crippen LogP contribution in [0.4, 0.5) is 5.13 Å². The summed E-state index contributed by atoms with van der Waals surface area (Å²) < 4.78 is 22.9. The second-order valence-corrected chi connectivity index (χ2v) is 9.61. The van der Waals surface area contributed by atoms with Gasteiger partial charge >= 0.3 is 0 Å². The molecular formula is C15H14Cl2N2O3S2. The minimum Gasteiger partial charge on any atom is -0.302 e. The van der Waals surface area contributed by atoms with Crippen LogP contribution in [0.25, 0.3) is 11.3 Å². The summed E-state index contributed by atoms with van der Waals surface area (Å²) in [5.41, 5.74) is 1.39. The van der Waals surface area contributed by atoms with Gasteiger partial charge in [0.05, 0.1) is 22.2 Å². The van der Waals surface area contributed by atoms with Crippen molar-refractivity contribution in [3.8, 4) is 11.3 Å². The van der Waals surface area contributed by atoms with Crippen molar-refractivity contribution in [2.24, 2.45) is 5.92 Å². The third-order valence-electron chi connectivity index (χ3n) is 3.76. The molecule has 5 nitrogen and oxygen atoms in total. The molecule has 0 aliphatic carbocycles. The van der Waals surface area contributed by atoms with Crippen molar-refractivity contribution in [2.45, 2.75) is 12.8 Å². The number of halogens is 2. The van der Waals surface area contributed by atoms with Gasteiger partial charge in [-0.2, -0.15) is 0 Å². The van der Waals surface area contributed by atoms with Crippen molar-refractivity contribution in [1.82, 2.24) is 4.98 Å². The Bertz CT molecular complexity index is 881. The Kier molecular flexibility index (Phi) is 5.15. The standard InChI is InChI=1S/C15H14Cl2N2O3S2/c16-10-1-2-11(12(17)6-10)13-7-23-15(18-13)19-14(20)5-9-3-4-24(21,22)8-9/h1-2,6-7,9H,3-5,8H2,(H,18,19,20)/t9-/m1/s1. The molecule has 3 rings (SSSR count). The van der Waals surface area contributed by atoms with Gasteiger partial charge in [0, 0.05) is 22.4 Å². The fourth-order valence-electron chi connectivity index (χ4n) is 2.62. The highest BCUT2D eigenvalue weighted by Crippen LogP contribution is 2.32. The van der Waals surface area contributed by atoms with Gasteiger partial charge < -0.3 is 5.32 Å². The van der Waals surface area contributed by atoms with E-state index >= 15 is 0 Å². The van der Waals surface area contributed by atoms with E-state index in [2.05, 4.69) is 10.3 Å². The molecule has 2 aromatic rings. The number of hydrogen-bond donors (Lipinski definition) is 1. The van der Waals surface area contributed by atoms with E-state index in [-0.39, 0.29) is 29.8 Å². The van der Waals surface area contributed by atoms with Crippen molar-refractivity contribution >= 4 is 55.4 Å². The molecule has 1 aromatic carbocycles. The first kappa shape index (κ1) is 17.7. The summed E-state index contributed by atoms with van der Waals surface area (Å²) >= 11 is 13.3. The van der Waals surface area contributed by atoms with Gasteiger partial charge in [-0.1, -0.05) is 23.2 Å². The predicted molar refractivity (Wildman–Crippen MR) is 97.6 cm³/mol. The van der Waals surface area contributed by atoms with E-state index in [1.165, 1.54) is 11.3 Å². The van der Waals surface area contributed by atoms with Crippen LogP contribution in [0.2, 0.25) is 10.0 Å². The van der Waals surface area contributed by atoms with Gasteiger partial charge in [-0.15, -0.1) is 11.3 Å². The van der Waals surface area contributed by atoms with E-state index in [4.69, 9.17) is 23.2 Å². The first-order valence-electron chi connectivity index (χ1n) is 7.23. The number of anilines is 1. The normalized spacial score (nSPS) is 19.3. The molecule has 1 atom stereocenters. The maximum absolute atomic E-state index is 12.1. The van der Waals surface area contributed by atoms with Crippen LogP contribution < -0.4 is 5.32 Å². The molecule has 9 heteroatoms. The number of carbonyl (C=O) groups excluding carboxylic acids is 1. The highest BCUT2D eigenvalue weighted by molar-refractivity contribution is 7.91. The van der Waals surface area contributed by atoms with E-state index in [1.54, 1.807) is 23.6 Å². The zero-order valence-corrected chi connectivity index (χ0v) is 15.6. The van der Waals surface area contributed by atoms with E-state index in [0.29, 0.717) is 27.3 Å². The molecule has 1 amide bonds. The van der Waals surface area contributed by atoms with Gasteiger partial charge in [0.15, 0.2) is 15.0 Å². The lowest BCUT2D eigenvalue weighted by molar-refractivity contribution is -0.116. The maximum Gasteiger partial charge on any atom is 0.226 e. The molecule has 0 unspecified atom stereocenters. The molecule has 24 heavy (non-hydrogen) atoms. The van der Waals surface area contributed by atoms with Gasteiger partial charge in [0.25, 0.3) is 0 Å². The maximum atomic E-state index is 12.1. The van der Waals surface area contributed by atoms with Gasteiger partial charge in [0.1, 0.15) is 0 Å². The lowest BCUT2D eigenvalue weighted by Crippen LogP contribution is -2.17. The lowest BCUT2D eigenvalue weighted by atomic mass is 10.1. The molecule has 1 aromatic heterocycles.